The lowest BCUT2D eigenvalue weighted by molar-refractivity contribution is -0.115. The van der Waals surface area contributed by atoms with Crippen LogP contribution in [0.4, 0.5) is 5.13 Å². The van der Waals surface area contributed by atoms with E-state index in [1.165, 1.54) is 16.9 Å². The number of nitrogens with zero attached hydrogens (tertiary/aromatic N) is 2. The van der Waals surface area contributed by atoms with Crippen LogP contribution in [0.2, 0.25) is 0 Å². The average Bonchev–Trinajstić information content (AvgIpc) is 3.41. The Labute approximate surface area is 158 Å². The summed E-state index contributed by atoms with van der Waals surface area (Å²) in [5, 5.41) is 10.2. The third kappa shape index (κ3) is 3.06. The standard InChI is InChI=1S/C20H15N3O3S/c24-19(10-15-14-3-1-2-4-18(14)26-23-15)22-20-21-16(11-27-20)12-5-6-17-13(9-12)7-8-25-17/h1-6,9,11H,7-8,10H2,(H,21,22,24). The molecule has 2 aromatic heterocycles. The first kappa shape index (κ1) is 16.0. The number of nitrogens with one attached hydrogen (secondary N) is 1. The van der Waals surface area contributed by atoms with Crippen molar-refractivity contribution >= 4 is 33.3 Å². The monoisotopic (exact) mass is 377 g/mol. The summed E-state index contributed by atoms with van der Waals surface area (Å²) in [4.78, 5) is 16.9. The molecule has 0 aliphatic carbocycles. The van der Waals surface area contributed by atoms with E-state index in [-0.39, 0.29) is 12.3 Å². The van der Waals surface area contributed by atoms with Gasteiger partial charge in [-0.1, -0.05) is 17.3 Å². The molecule has 0 radical (unpaired) electrons. The molecule has 6 nitrogen and oxygen atoms in total. The van der Waals surface area contributed by atoms with Crippen LogP contribution in [0.3, 0.4) is 0 Å². The van der Waals surface area contributed by atoms with Crippen molar-refractivity contribution in [3.8, 4) is 17.0 Å². The second-order valence-electron chi connectivity index (χ2n) is 6.31. The van der Waals surface area contributed by atoms with Crippen molar-refractivity contribution < 1.29 is 14.1 Å². The molecule has 0 bridgehead atoms. The zero-order valence-corrected chi connectivity index (χ0v) is 15.1. The Bertz CT molecular complexity index is 1150. The predicted molar refractivity (Wildman–Crippen MR) is 103 cm³/mol. The molecule has 5 rings (SSSR count). The third-order valence-electron chi connectivity index (χ3n) is 4.52. The molecule has 1 N–H and O–H groups in total. The minimum absolute atomic E-state index is 0.141. The molecular formula is C20H15N3O3S. The van der Waals surface area contributed by atoms with E-state index in [9.17, 15) is 4.79 Å². The zero-order chi connectivity index (χ0) is 18.2. The van der Waals surface area contributed by atoms with Crippen molar-refractivity contribution in [3.63, 3.8) is 0 Å². The van der Waals surface area contributed by atoms with Crippen molar-refractivity contribution in [1.82, 2.24) is 10.1 Å². The average molecular weight is 377 g/mol. The van der Waals surface area contributed by atoms with Crippen LogP contribution in [0.25, 0.3) is 22.2 Å². The number of benzene rings is 2. The number of anilines is 1. The number of fused-ring (bicyclic) bond motifs is 2. The van der Waals surface area contributed by atoms with Gasteiger partial charge in [-0.15, -0.1) is 11.3 Å². The molecule has 1 amide bonds. The number of carbonyl (C=O) groups excluding carboxylic acids is 1. The lowest BCUT2D eigenvalue weighted by Gasteiger charge is -2.02. The normalized spacial score (nSPS) is 12.7. The van der Waals surface area contributed by atoms with Crippen molar-refractivity contribution in [1.29, 1.82) is 0 Å². The number of rotatable bonds is 4. The highest BCUT2D eigenvalue weighted by atomic mass is 32.1. The van der Waals surface area contributed by atoms with Gasteiger partial charge < -0.3 is 14.6 Å². The van der Waals surface area contributed by atoms with E-state index < -0.39 is 0 Å². The van der Waals surface area contributed by atoms with Gasteiger partial charge in [0.05, 0.1) is 18.7 Å². The van der Waals surface area contributed by atoms with Crippen molar-refractivity contribution in [2.45, 2.75) is 12.8 Å². The molecular weight excluding hydrogens is 362 g/mol. The fourth-order valence-electron chi connectivity index (χ4n) is 3.19. The van der Waals surface area contributed by atoms with Gasteiger partial charge in [-0.25, -0.2) is 4.98 Å². The van der Waals surface area contributed by atoms with E-state index in [1.807, 2.05) is 41.8 Å². The molecule has 0 saturated carbocycles. The van der Waals surface area contributed by atoms with Gasteiger partial charge in [-0.3, -0.25) is 4.79 Å². The number of carbonyl (C=O) groups is 1. The second-order valence-corrected chi connectivity index (χ2v) is 7.17. The van der Waals surface area contributed by atoms with E-state index >= 15 is 0 Å². The van der Waals surface area contributed by atoms with Crippen LogP contribution in [0.1, 0.15) is 11.3 Å². The van der Waals surface area contributed by atoms with Gasteiger partial charge >= 0.3 is 0 Å². The van der Waals surface area contributed by atoms with Crippen molar-refractivity contribution in [2.75, 3.05) is 11.9 Å². The fourth-order valence-corrected chi connectivity index (χ4v) is 3.93. The minimum atomic E-state index is -0.169. The number of thiazole rings is 1. The lowest BCUT2D eigenvalue weighted by atomic mass is 10.1. The number of aromatic nitrogens is 2. The maximum absolute atomic E-state index is 12.4. The Hall–Kier alpha value is -3.19. The molecule has 3 heterocycles. The first-order valence-electron chi connectivity index (χ1n) is 8.61. The van der Waals surface area contributed by atoms with Gasteiger partial charge in [-0.2, -0.15) is 0 Å². The smallest absolute Gasteiger partial charge is 0.232 e. The molecule has 0 fully saturated rings. The highest BCUT2D eigenvalue weighted by Gasteiger charge is 2.16. The molecule has 0 atom stereocenters. The second kappa shape index (κ2) is 6.51. The van der Waals surface area contributed by atoms with Crippen molar-refractivity contribution in [3.05, 3.63) is 59.1 Å². The lowest BCUT2D eigenvalue weighted by Crippen LogP contribution is -2.14. The maximum Gasteiger partial charge on any atom is 0.232 e. The number of ether oxygens (including phenoxy) is 1. The molecule has 1 aliphatic rings. The first-order valence-corrected chi connectivity index (χ1v) is 9.49. The van der Waals surface area contributed by atoms with E-state index in [0.29, 0.717) is 16.4 Å². The minimum Gasteiger partial charge on any atom is -0.493 e. The summed E-state index contributed by atoms with van der Waals surface area (Å²) in [5.41, 5.74) is 4.37. The number of amides is 1. The van der Waals surface area contributed by atoms with Gasteiger partial charge in [0, 0.05) is 22.8 Å². The van der Waals surface area contributed by atoms with E-state index in [0.717, 1.165) is 35.4 Å². The summed E-state index contributed by atoms with van der Waals surface area (Å²) in [6.07, 6.45) is 1.06. The van der Waals surface area contributed by atoms with Gasteiger partial charge in [0.15, 0.2) is 10.7 Å². The largest absolute Gasteiger partial charge is 0.493 e. The van der Waals surface area contributed by atoms with Gasteiger partial charge in [-0.05, 0) is 35.9 Å². The van der Waals surface area contributed by atoms with Crippen LogP contribution < -0.4 is 10.1 Å². The van der Waals surface area contributed by atoms with Gasteiger partial charge in [0.1, 0.15) is 11.4 Å². The number of hydrogen-bond acceptors (Lipinski definition) is 6. The van der Waals surface area contributed by atoms with Crippen LogP contribution in [0.5, 0.6) is 5.75 Å². The summed E-state index contributed by atoms with van der Waals surface area (Å²) in [6, 6.07) is 13.6. The highest BCUT2D eigenvalue weighted by Crippen LogP contribution is 2.32. The van der Waals surface area contributed by atoms with Gasteiger partial charge in [0.25, 0.3) is 0 Å². The molecule has 4 aromatic rings. The summed E-state index contributed by atoms with van der Waals surface area (Å²) in [7, 11) is 0. The summed E-state index contributed by atoms with van der Waals surface area (Å²) in [5.74, 6) is 0.777. The van der Waals surface area contributed by atoms with Crippen molar-refractivity contribution in [2.24, 2.45) is 0 Å². The Morgan fingerprint density at radius 1 is 1.22 bits per heavy atom. The molecule has 27 heavy (non-hydrogen) atoms. The number of hydrogen-bond donors (Lipinski definition) is 1. The molecule has 0 spiro atoms. The molecule has 0 unspecified atom stereocenters. The van der Waals surface area contributed by atoms with Crippen LogP contribution in [0, 0.1) is 0 Å². The molecule has 134 valence electrons. The summed E-state index contributed by atoms with van der Waals surface area (Å²) >= 11 is 1.40. The molecule has 7 heteroatoms. The SMILES string of the molecule is O=C(Cc1noc2ccccc12)Nc1nc(-c2ccc3c(c2)CCO3)cs1. The van der Waals surface area contributed by atoms with Crippen LogP contribution in [-0.2, 0) is 17.6 Å². The first-order chi connectivity index (χ1) is 13.3. The third-order valence-corrected chi connectivity index (χ3v) is 5.27. The van der Waals surface area contributed by atoms with Crippen LogP contribution in [-0.4, -0.2) is 22.7 Å². The molecule has 1 aliphatic heterocycles. The topological polar surface area (TPSA) is 77.3 Å². The van der Waals surface area contributed by atoms with Gasteiger partial charge in [0.2, 0.25) is 5.91 Å². The van der Waals surface area contributed by atoms with Crippen LogP contribution >= 0.6 is 11.3 Å². The van der Waals surface area contributed by atoms with Crippen LogP contribution in [0.15, 0.2) is 52.4 Å². The molecule has 0 saturated heterocycles. The Kier molecular flexibility index (Phi) is 3.86. The predicted octanol–water partition coefficient (Wildman–Crippen LogP) is 4.07. The van der Waals surface area contributed by atoms with E-state index in [2.05, 4.69) is 21.5 Å². The Morgan fingerprint density at radius 3 is 3.11 bits per heavy atom. The highest BCUT2D eigenvalue weighted by molar-refractivity contribution is 7.14. The van der Waals surface area contributed by atoms with E-state index in [4.69, 9.17) is 9.26 Å². The Balaban J connectivity index is 1.31. The summed E-state index contributed by atoms with van der Waals surface area (Å²) < 4.78 is 10.8. The quantitative estimate of drug-likeness (QED) is 0.580. The molecule has 2 aromatic carbocycles. The zero-order valence-electron chi connectivity index (χ0n) is 14.3. The van der Waals surface area contributed by atoms with E-state index in [1.54, 1.807) is 0 Å². The maximum atomic E-state index is 12.4. The summed E-state index contributed by atoms with van der Waals surface area (Å²) in [6.45, 7) is 0.730. The Morgan fingerprint density at radius 2 is 2.15 bits per heavy atom. The number of para-hydroxylation sites is 1. The fraction of sp³-hybridized carbons (Fsp3) is 0.150.